The van der Waals surface area contributed by atoms with E-state index in [4.69, 9.17) is 4.74 Å². The van der Waals surface area contributed by atoms with Crippen LogP contribution in [0.1, 0.15) is 26.2 Å². The summed E-state index contributed by atoms with van der Waals surface area (Å²) in [6, 6.07) is 0. The second-order valence-electron chi connectivity index (χ2n) is 3.06. The lowest BCUT2D eigenvalue weighted by Gasteiger charge is -2.03. The number of thioether (sulfide) groups is 1. The monoisotopic (exact) mass is 205 g/mol. The van der Waals surface area contributed by atoms with Crippen molar-refractivity contribution in [2.24, 2.45) is 0 Å². The third kappa shape index (κ3) is 12.3. The van der Waals surface area contributed by atoms with E-state index in [1.165, 1.54) is 30.8 Å². The van der Waals surface area contributed by atoms with Crippen LogP contribution >= 0.6 is 11.8 Å². The third-order valence-electron chi connectivity index (χ3n) is 1.77. The van der Waals surface area contributed by atoms with E-state index in [0.29, 0.717) is 0 Å². The summed E-state index contributed by atoms with van der Waals surface area (Å²) in [5, 5.41) is 3.34. The standard InChI is InChI=1S/C10H23NOS/c1-3-4-9-13-10-5-6-11-7-8-12-2/h11H,3-10H2,1-2H3. The zero-order valence-corrected chi connectivity index (χ0v) is 9.79. The highest BCUT2D eigenvalue weighted by Gasteiger charge is 1.89. The molecule has 2 nitrogen and oxygen atoms in total. The molecule has 0 saturated carbocycles. The molecule has 0 aromatic heterocycles. The molecule has 13 heavy (non-hydrogen) atoms. The van der Waals surface area contributed by atoms with Crippen molar-refractivity contribution in [2.45, 2.75) is 26.2 Å². The topological polar surface area (TPSA) is 21.3 Å². The number of ether oxygens (including phenoxy) is 1. The van der Waals surface area contributed by atoms with E-state index in [1.807, 2.05) is 0 Å². The van der Waals surface area contributed by atoms with Gasteiger partial charge in [0.15, 0.2) is 0 Å². The molecule has 0 atom stereocenters. The first-order valence-electron chi connectivity index (χ1n) is 5.19. The first-order valence-corrected chi connectivity index (χ1v) is 6.34. The van der Waals surface area contributed by atoms with Crippen LogP contribution in [0.15, 0.2) is 0 Å². The minimum atomic E-state index is 0.822. The highest BCUT2D eigenvalue weighted by atomic mass is 32.2. The maximum absolute atomic E-state index is 4.93. The summed E-state index contributed by atoms with van der Waals surface area (Å²) in [6.07, 6.45) is 3.96. The number of hydrogen-bond donors (Lipinski definition) is 1. The van der Waals surface area contributed by atoms with Crippen molar-refractivity contribution < 1.29 is 4.74 Å². The Balaban J connectivity index is 2.76. The number of methoxy groups -OCH3 is 1. The van der Waals surface area contributed by atoms with E-state index in [9.17, 15) is 0 Å². The minimum absolute atomic E-state index is 0.822. The van der Waals surface area contributed by atoms with E-state index < -0.39 is 0 Å². The molecule has 0 aliphatic heterocycles. The van der Waals surface area contributed by atoms with E-state index in [1.54, 1.807) is 7.11 Å². The van der Waals surface area contributed by atoms with Gasteiger partial charge in [-0.2, -0.15) is 11.8 Å². The number of nitrogens with one attached hydrogen (secondary N) is 1. The molecule has 0 aliphatic rings. The zero-order chi connectivity index (χ0) is 9.78. The summed E-state index contributed by atoms with van der Waals surface area (Å²) in [7, 11) is 1.74. The summed E-state index contributed by atoms with van der Waals surface area (Å²) in [5.74, 6) is 2.62. The summed E-state index contributed by atoms with van der Waals surface area (Å²) >= 11 is 2.07. The molecule has 0 rings (SSSR count). The van der Waals surface area contributed by atoms with Crippen LogP contribution in [0.3, 0.4) is 0 Å². The van der Waals surface area contributed by atoms with Gasteiger partial charge in [0.05, 0.1) is 6.61 Å². The van der Waals surface area contributed by atoms with Crippen molar-refractivity contribution in [3.8, 4) is 0 Å². The quantitative estimate of drug-likeness (QED) is 0.552. The van der Waals surface area contributed by atoms with Gasteiger partial charge in [-0.25, -0.2) is 0 Å². The van der Waals surface area contributed by atoms with Crippen LogP contribution in [0, 0.1) is 0 Å². The Labute approximate surface area is 86.8 Å². The summed E-state index contributed by atoms with van der Waals surface area (Å²) < 4.78 is 4.93. The predicted octanol–water partition coefficient (Wildman–Crippen LogP) is 2.15. The fourth-order valence-electron chi connectivity index (χ4n) is 0.947. The van der Waals surface area contributed by atoms with Crippen LogP contribution < -0.4 is 5.32 Å². The van der Waals surface area contributed by atoms with Crippen LogP contribution in [0.5, 0.6) is 0 Å². The van der Waals surface area contributed by atoms with E-state index >= 15 is 0 Å². The fourth-order valence-corrected chi connectivity index (χ4v) is 1.99. The van der Waals surface area contributed by atoms with Gasteiger partial charge in [-0.3, -0.25) is 0 Å². The Morgan fingerprint density at radius 1 is 1.15 bits per heavy atom. The summed E-state index contributed by atoms with van der Waals surface area (Å²) in [5.41, 5.74) is 0. The van der Waals surface area contributed by atoms with Crippen molar-refractivity contribution in [3.63, 3.8) is 0 Å². The fraction of sp³-hybridized carbons (Fsp3) is 1.00. The molecule has 0 aromatic carbocycles. The highest BCUT2D eigenvalue weighted by Crippen LogP contribution is 2.04. The van der Waals surface area contributed by atoms with E-state index in [0.717, 1.165) is 19.7 Å². The summed E-state index contributed by atoms with van der Waals surface area (Å²) in [6.45, 7) is 5.18. The minimum Gasteiger partial charge on any atom is -0.383 e. The maximum Gasteiger partial charge on any atom is 0.0587 e. The lowest BCUT2D eigenvalue weighted by Crippen LogP contribution is -2.20. The molecule has 0 aromatic rings. The second kappa shape index (κ2) is 12.3. The van der Waals surface area contributed by atoms with Gasteiger partial charge in [0, 0.05) is 13.7 Å². The van der Waals surface area contributed by atoms with Gasteiger partial charge in [0.25, 0.3) is 0 Å². The Bertz CT molecular complexity index is 81.0. The van der Waals surface area contributed by atoms with Gasteiger partial charge in [0.2, 0.25) is 0 Å². The molecule has 1 N–H and O–H groups in total. The van der Waals surface area contributed by atoms with Gasteiger partial charge in [-0.15, -0.1) is 0 Å². The summed E-state index contributed by atoms with van der Waals surface area (Å²) in [4.78, 5) is 0. The zero-order valence-electron chi connectivity index (χ0n) is 8.97. The molecule has 80 valence electrons. The molecule has 0 spiro atoms. The lowest BCUT2D eigenvalue weighted by atomic mass is 10.4. The Morgan fingerprint density at radius 3 is 2.62 bits per heavy atom. The SMILES string of the molecule is CCCCSCCCNCCOC. The van der Waals surface area contributed by atoms with Crippen molar-refractivity contribution in [3.05, 3.63) is 0 Å². The molecule has 3 heteroatoms. The average Bonchev–Trinajstić information content (AvgIpc) is 2.16. The normalized spacial score (nSPS) is 10.6. The van der Waals surface area contributed by atoms with Gasteiger partial charge in [-0.1, -0.05) is 13.3 Å². The molecule has 0 radical (unpaired) electrons. The van der Waals surface area contributed by atoms with E-state index in [-0.39, 0.29) is 0 Å². The second-order valence-corrected chi connectivity index (χ2v) is 4.29. The number of rotatable bonds is 10. The average molecular weight is 205 g/mol. The van der Waals surface area contributed by atoms with Crippen molar-refractivity contribution in [2.75, 3.05) is 38.3 Å². The molecule has 0 heterocycles. The molecule has 0 aliphatic carbocycles. The molecular formula is C10H23NOS. The van der Waals surface area contributed by atoms with Gasteiger partial charge < -0.3 is 10.1 Å². The van der Waals surface area contributed by atoms with Crippen molar-refractivity contribution in [1.82, 2.24) is 5.32 Å². The van der Waals surface area contributed by atoms with Crippen LogP contribution in [0.25, 0.3) is 0 Å². The highest BCUT2D eigenvalue weighted by molar-refractivity contribution is 7.99. The molecule has 0 bridgehead atoms. The molecule has 0 fully saturated rings. The van der Waals surface area contributed by atoms with Crippen molar-refractivity contribution >= 4 is 11.8 Å². The third-order valence-corrected chi connectivity index (χ3v) is 2.92. The smallest absolute Gasteiger partial charge is 0.0587 e. The Hall–Kier alpha value is 0.270. The maximum atomic E-state index is 4.93. The van der Waals surface area contributed by atoms with Crippen molar-refractivity contribution in [1.29, 1.82) is 0 Å². The van der Waals surface area contributed by atoms with Crippen LogP contribution in [-0.4, -0.2) is 38.3 Å². The first-order chi connectivity index (χ1) is 6.41. The molecule has 0 saturated heterocycles. The Morgan fingerprint density at radius 2 is 1.92 bits per heavy atom. The van der Waals surface area contributed by atoms with Gasteiger partial charge in [0.1, 0.15) is 0 Å². The van der Waals surface area contributed by atoms with Crippen LogP contribution in [-0.2, 0) is 4.74 Å². The van der Waals surface area contributed by atoms with Crippen LogP contribution in [0.4, 0.5) is 0 Å². The first kappa shape index (κ1) is 13.3. The molecule has 0 unspecified atom stereocenters. The molecule has 0 amide bonds. The number of hydrogen-bond acceptors (Lipinski definition) is 3. The predicted molar refractivity (Wildman–Crippen MR) is 61.6 cm³/mol. The van der Waals surface area contributed by atoms with Crippen LogP contribution in [0.2, 0.25) is 0 Å². The number of unbranched alkanes of at least 4 members (excludes halogenated alkanes) is 1. The largest absolute Gasteiger partial charge is 0.383 e. The Kier molecular flexibility index (Phi) is 12.5. The lowest BCUT2D eigenvalue weighted by molar-refractivity contribution is 0.199. The molecular weight excluding hydrogens is 182 g/mol. The van der Waals surface area contributed by atoms with Gasteiger partial charge >= 0.3 is 0 Å². The van der Waals surface area contributed by atoms with E-state index in [2.05, 4.69) is 24.0 Å². The van der Waals surface area contributed by atoms with Gasteiger partial charge in [-0.05, 0) is 30.9 Å².